The van der Waals surface area contributed by atoms with Crippen molar-refractivity contribution in [1.82, 2.24) is 14.9 Å². The van der Waals surface area contributed by atoms with Crippen LogP contribution in [0.15, 0.2) is 23.7 Å². The van der Waals surface area contributed by atoms with E-state index >= 15 is 0 Å². The van der Waals surface area contributed by atoms with Crippen LogP contribution in [0.3, 0.4) is 0 Å². The highest BCUT2D eigenvalue weighted by atomic mass is 35.5. The number of carbonyl (C=O) groups is 2. The first kappa shape index (κ1) is 26.8. The molecular weight excluding hydrogens is 541 g/mol. The number of thiazole rings is 1. The van der Waals surface area contributed by atoms with Crippen molar-refractivity contribution >= 4 is 68.7 Å². The van der Waals surface area contributed by atoms with Gasteiger partial charge in [0.05, 0.1) is 32.1 Å². The van der Waals surface area contributed by atoms with Crippen LogP contribution in [0.1, 0.15) is 41.9 Å². The molecule has 4 rings (SSSR count). The lowest BCUT2D eigenvalue weighted by atomic mass is 9.97. The Bertz CT molecular complexity index is 1250. The topological polar surface area (TPSA) is 98.7 Å². The predicted octanol–water partition coefficient (Wildman–Crippen LogP) is 5.97. The van der Waals surface area contributed by atoms with E-state index in [9.17, 15) is 14.7 Å². The number of halogens is 2. The lowest BCUT2D eigenvalue weighted by Gasteiger charge is -2.31. The van der Waals surface area contributed by atoms with E-state index in [1.165, 1.54) is 28.9 Å². The Morgan fingerprint density at radius 2 is 2.00 bits per heavy atom. The van der Waals surface area contributed by atoms with Gasteiger partial charge in [-0.25, -0.2) is 9.97 Å². The average molecular weight is 569 g/mol. The molecule has 0 saturated carbocycles. The summed E-state index contributed by atoms with van der Waals surface area (Å²) in [4.78, 5) is 39.5. The standard InChI is InChI=1S/C24H27Cl2N5O3S2/c1-13(2)30(3)11-19-20(18-9-16(25)12-35-18)28-24(36-19)29-22(32)15-8-17(26)21(27-10-15)31-6-4-14(5-7-31)23(33)34/h8-10,12-14H,4-7,11H2,1-3H3,(H,33,34)(H,28,29,32). The zero-order chi connectivity index (χ0) is 26.0. The van der Waals surface area contributed by atoms with Crippen molar-refractivity contribution in [3.8, 4) is 10.6 Å². The Kier molecular flexibility index (Phi) is 8.52. The van der Waals surface area contributed by atoms with E-state index in [0.717, 1.165) is 15.4 Å². The van der Waals surface area contributed by atoms with E-state index in [-0.39, 0.29) is 11.8 Å². The number of carbonyl (C=O) groups excluding carboxylic acids is 1. The van der Waals surface area contributed by atoms with Crippen LogP contribution in [0.2, 0.25) is 10.0 Å². The summed E-state index contributed by atoms with van der Waals surface area (Å²) in [5.41, 5.74) is 1.14. The molecule has 0 bridgehead atoms. The van der Waals surface area contributed by atoms with Crippen LogP contribution in [-0.2, 0) is 11.3 Å². The molecule has 36 heavy (non-hydrogen) atoms. The molecule has 3 aromatic rings. The van der Waals surface area contributed by atoms with Crippen molar-refractivity contribution in [3.63, 3.8) is 0 Å². The molecule has 0 spiro atoms. The SMILES string of the molecule is CC(C)N(C)Cc1sc(NC(=O)c2cnc(N3CCC(C(=O)O)CC3)c(Cl)c2)nc1-c1cc(Cl)cs1. The van der Waals surface area contributed by atoms with Crippen molar-refractivity contribution in [2.24, 2.45) is 5.92 Å². The largest absolute Gasteiger partial charge is 0.481 e. The maximum Gasteiger partial charge on any atom is 0.306 e. The van der Waals surface area contributed by atoms with Crippen LogP contribution in [-0.4, -0.2) is 58.0 Å². The Morgan fingerprint density at radius 3 is 2.58 bits per heavy atom. The minimum absolute atomic E-state index is 0.320. The number of hydrogen-bond donors (Lipinski definition) is 2. The van der Waals surface area contributed by atoms with Crippen LogP contribution in [0.5, 0.6) is 0 Å². The van der Waals surface area contributed by atoms with E-state index in [1.807, 2.05) is 23.4 Å². The van der Waals surface area contributed by atoms with Crippen LogP contribution >= 0.6 is 45.9 Å². The summed E-state index contributed by atoms with van der Waals surface area (Å²) in [5, 5.41) is 15.5. The molecule has 8 nitrogen and oxygen atoms in total. The van der Waals surface area contributed by atoms with Gasteiger partial charge in [0.25, 0.3) is 5.91 Å². The first-order valence-electron chi connectivity index (χ1n) is 11.5. The zero-order valence-corrected chi connectivity index (χ0v) is 23.3. The number of amides is 1. The monoisotopic (exact) mass is 567 g/mol. The Balaban J connectivity index is 1.50. The van der Waals surface area contributed by atoms with Gasteiger partial charge in [0.1, 0.15) is 5.82 Å². The highest BCUT2D eigenvalue weighted by molar-refractivity contribution is 7.17. The number of carboxylic acids is 1. The second kappa shape index (κ2) is 11.4. The summed E-state index contributed by atoms with van der Waals surface area (Å²) in [6.45, 7) is 6.05. The number of nitrogens with zero attached hydrogens (tertiary/aromatic N) is 4. The molecule has 1 saturated heterocycles. The summed E-state index contributed by atoms with van der Waals surface area (Å²) in [6, 6.07) is 3.82. The minimum atomic E-state index is -0.771. The number of nitrogens with one attached hydrogen (secondary N) is 1. The van der Waals surface area contributed by atoms with Gasteiger partial charge < -0.3 is 10.0 Å². The van der Waals surface area contributed by atoms with Crippen molar-refractivity contribution in [1.29, 1.82) is 0 Å². The minimum Gasteiger partial charge on any atom is -0.481 e. The molecule has 0 unspecified atom stereocenters. The van der Waals surface area contributed by atoms with E-state index in [1.54, 1.807) is 6.07 Å². The van der Waals surface area contributed by atoms with Crippen LogP contribution in [0.25, 0.3) is 10.6 Å². The Morgan fingerprint density at radius 1 is 1.28 bits per heavy atom. The van der Waals surface area contributed by atoms with Gasteiger partial charge in [0.15, 0.2) is 5.13 Å². The average Bonchev–Trinajstić information content (AvgIpc) is 3.44. The van der Waals surface area contributed by atoms with Gasteiger partial charge in [0, 0.05) is 42.1 Å². The number of hydrogen-bond acceptors (Lipinski definition) is 8. The third-order valence-corrected chi connectivity index (χ3v) is 8.74. The fourth-order valence-electron chi connectivity index (χ4n) is 3.85. The molecule has 1 fully saturated rings. The second-order valence-electron chi connectivity index (χ2n) is 9.01. The number of rotatable bonds is 8. The van der Waals surface area contributed by atoms with Crippen LogP contribution < -0.4 is 10.2 Å². The first-order valence-corrected chi connectivity index (χ1v) is 14.0. The predicted molar refractivity (Wildman–Crippen MR) is 147 cm³/mol. The quantitative estimate of drug-likeness (QED) is 0.346. The number of aromatic nitrogens is 2. The fraction of sp³-hybridized carbons (Fsp3) is 0.417. The van der Waals surface area contributed by atoms with Crippen molar-refractivity contribution < 1.29 is 14.7 Å². The number of piperidine rings is 1. The molecule has 1 aliphatic heterocycles. The van der Waals surface area contributed by atoms with Crippen LogP contribution in [0, 0.1) is 5.92 Å². The van der Waals surface area contributed by atoms with Crippen molar-refractivity contribution in [2.75, 3.05) is 30.4 Å². The summed E-state index contributed by atoms with van der Waals surface area (Å²) >= 11 is 15.6. The van der Waals surface area contributed by atoms with Gasteiger partial charge in [-0.05, 0) is 45.9 Å². The molecule has 2 N–H and O–H groups in total. The van der Waals surface area contributed by atoms with Gasteiger partial charge in [-0.1, -0.05) is 34.5 Å². The number of carboxylic acid groups (broad SMARTS) is 1. The van der Waals surface area contributed by atoms with E-state index in [4.69, 9.17) is 28.2 Å². The molecule has 0 radical (unpaired) electrons. The van der Waals surface area contributed by atoms with Gasteiger partial charge in [-0.3, -0.25) is 19.8 Å². The van der Waals surface area contributed by atoms with Gasteiger partial charge in [-0.15, -0.1) is 11.3 Å². The van der Waals surface area contributed by atoms with E-state index in [2.05, 4.69) is 29.0 Å². The Hall–Kier alpha value is -2.24. The summed E-state index contributed by atoms with van der Waals surface area (Å²) in [5.74, 6) is -0.910. The molecule has 0 atom stereocenters. The first-order chi connectivity index (χ1) is 17.1. The maximum absolute atomic E-state index is 13.0. The van der Waals surface area contributed by atoms with Gasteiger partial charge in [-0.2, -0.15) is 0 Å². The fourth-order valence-corrected chi connectivity index (χ4v) is 6.32. The van der Waals surface area contributed by atoms with E-state index in [0.29, 0.717) is 65.1 Å². The third kappa shape index (κ3) is 6.18. The summed E-state index contributed by atoms with van der Waals surface area (Å²) < 4.78 is 0. The second-order valence-corrected chi connectivity index (χ2v) is 11.9. The third-order valence-electron chi connectivity index (χ3n) is 6.22. The highest BCUT2D eigenvalue weighted by Gasteiger charge is 2.26. The molecule has 0 aliphatic carbocycles. The maximum atomic E-state index is 13.0. The van der Waals surface area contributed by atoms with Crippen molar-refractivity contribution in [3.05, 3.63) is 44.2 Å². The number of anilines is 2. The molecule has 0 aromatic carbocycles. The molecule has 4 heterocycles. The molecule has 192 valence electrons. The van der Waals surface area contributed by atoms with Gasteiger partial charge in [0.2, 0.25) is 0 Å². The van der Waals surface area contributed by atoms with Gasteiger partial charge >= 0.3 is 5.97 Å². The summed E-state index contributed by atoms with van der Waals surface area (Å²) in [6.07, 6.45) is 2.55. The number of aliphatic carboxylic acids is 1. The molecular formula is C24H27Cl2N5O3S2. The lowest BCUT2D eigenvalue weighted by molar-refractivity contribution is -0.142. The van der Waals surface area contributed by atoms with Crippen LogP contribution in [0.4, 0.5) is 10.9 Å². The smallest absolute Gasteiger partial charge is 0.306 e. The molecule has 12 heteroatoms. The highest BCUT2D eigenvalue weighted by Crippen LogP contribution is 2.37. The molecule has 1 amide bonds. The molecule has 3 aromatic heterocycles. The summed E-state index contributed by atoms with van der Waals surface area (Å²) in [7, 11) is 2.05. The number of thiophene rings is 1. The Labute approximate surface area is 227 Å². The molecule has 1 aliphatic rings. The lowest BCUT2D eigenvalue weighted by Crippen LogP contribution is -2.37. The zero-order valence-electron chi connectivity index (χ0n) is 20.1. The number of pyridine rings is 1. The normalized spacial score (nSPS) is 14.6. The van der Waals surface area contributed by atoms with E-state index < -0.39 is 5.97 Å². The van der Waals surface area contributed by atoms with Crippen molar-refractivity contribution in [2.45, 2.75) is 39.3 Å².